The summed E-state index contributed by atoms with van der Waals surface area (Å²) in [5.74, 6) is 1.58. The van der Waals surface area contributed by atoms with Crippen molar-refractivity contribution in [1.82, 2.24) is 0 Å². The summed E-state index contributed by atoms with van der Waals surface area (Å²) in [6.07, 6.45) is 0. The van der Waals surface area contributed by atoms with Gasteiger partial charge in [0.2, 0.25) is 0 Å². The second kappa shape index (κ2) is 5.28. The Morgan fingerprint density at radius 2 is 1.71 bits per heavy atom. The van der Waals surface area contributed by atoms with Gasteiger partial charge in [-0.3, -0.25) is 0 Å². The fourth-order valence-corrected chi connectivity index (χ4v) is 1.98. The highest BCUT2D eigenvalue weighted by atomic mass is 35.5. The van der Waals surface area contributed by atoms with Crippen LogP contribution in [0.2, 0.25) is 5.02 Å². The third kappa shape index (κ3) is 2.64. The van der Waals surface area contributed by atoms with Gasteiger partial charge in [0.15, 0.2) is 0 Å². The lowest BCUT2D eigenvalue weighted by Crippen LogP contribution is -1.93. The summed E-state index contributed by atoms with van der Waals surface area (Å²) in [5.41, 5.74) is 0. The number of benzene rings is 2. The largest absolute Gasteiger partial charge is 0.494 e. The summed E-state index contributed by atoms with van der Waals surface area (Å²) in [6.45, 7) is 5.18. The van der Waals surface area contributed by atoms with Crippen molar-refractivity contribution < 1.29 is 9.47 Å². The smallest absolute Gasteiger partial charge is 0.138 e. The Morgan fingerprint density at radius 1 is 0.941 bits per heavy atom. The third-order valence-corrected chi connectivity index (χ3v) is 2.77. The van der Waals surface area contributed by atoms with Gasteiger partial charge >= 0.3 is 0 Å². The first-order chi connectivity index (χ1) is 8.24. The van der Waals surface area contributed by atoms with Crippen molar-refractivity contribution in [1.29, 1.82) is 0 Å². The van der Waals surface area contributed by atoms with E-state index < -0.39 is 0 Å². The van der Waals surface area contributed by atoms with E-state index in [9.17, 15) is 0 Å². The van der Waals surface area contributed by atoms with Crippen molar-refractivity contribution in [2.75, 3.05) is 13.2 Å². The van der Waals surface area contributed by atoms with Crippen molar-refractivity contribution in [3.8, 4) is 11.5 Å². The van der Waals surface area contributed by atoms with Gasteiger partial charge in [-0.2, -0.15) is 0 Å². The van der Waals surface area contributed by atoms with E-state index in [0.29, 0.717) is 18.2 Å². The van der Waals surface area contributed by atoms with Gasteiger partial charge in [0.25, 0.3) is 0 Å². The Kier molecular flexibility index (Phi) is 3.75. The number of hydrogen-bond acceptors (Lipinski definition) is 2. The summed E-state index contributed by atoms with van der Waals surface area (Å²) in [6, 6.07) is 9.81. The monoisotopic (exact) mass is 250 g/mol. The van der Waals surface area contributed by atoms with E-state index in [0.717, 1.165) is 22.3 Å². The minimum Gasteiger partial charge on any atom is -0.494 e. The maximum absolute atomic E-state index is 6.13. The van der Waals surface area contributed by atoms with Crippen molar-refractivity contribution in [2.24, 2.45) is 0 Å². The summed E-state index contributed by atoms with van der Waals surface area (Å²) < 4.78 is 10.9. The van der Waals surface area contributed by atoms with Crippen LogP contribution in [0.4, 0.5) is 0 Å². The zero-order valence-corrected chi connectivity index (χ0v) is 10.8. The highest BCUT2D eigenvalue weighted by Gasteiger charge is 2.05. The molecule has 17 heavy (non-hydrogen) atoms. The number of fused-ring (bicyclic) bond motifs is 1. The first-order valence-corrected chi connectivity index (χ1v) is 6.11. The molecule has 0 spiro atoms. The van der Waals surface area contributed by atoms with Gasteiger partial charge in [0.1, 0.15) is 11.5 Å². The molecule has 0 fully saturated rings. The molecule has 0 saturated heterocycles. The Labute approximate surface area is 106 Å². The molecule has 0 aliphatic rings. The Morgan fingerprint density at radius 3 is 2.41 bits per heavy atom. The van der Waals surface area contributed by atoms with E-state index in [-0.39, 0.29) is 0 Å². The first-order valence-electron chi connectivity index (χ1n) is 5.73. The van der Waals surface area contributed by atoms with Gasteiger partial charge in [-0.25, -0.2) is 0 Å². The predicted octanol–water partition coefficient (Wildman–Crippen LogP) is 4.29. The Hall–Kier alpha value is -1.41. The number of rotatable bonds is 4. The molecule has 3 heteroatoms. The molecule has 0 amide bonds. The second-order valence-corrected chi connectivity index (χ2v) is 4.06. The normalized spacial score (nSPS) is 10.5. The lowest BCUT2D eigenvalue weighted by atomic mass is 10.1. The molecule has 2 nitrogen and oxygen atoms in total. The topological polar surface area (TPSA) is 18.5 Å². The Bertz CT molecular complexity index is 523. The van der Waals surface area contributed by atoms with Gasteiger partial charge in [-0.05, 0) is 48.9 Å². The highest BCUT2D eigenvalue weighted by molar-refractivity contribution is 6.32. The maximum Gasteiger partial charge on any atom is 0.138 e. The van der Waals surface area contributed by atoms with Crippen LogP contribution in [0.5, 0.6) is 11.5 Å². The average Bonchev–Trinajstić information content (AvgIpc) is 2.31. The van der Waals surface area contributed by atoms with Gasteiger partial charge < -0.3 is 9.47 Å². The lowest BCUT2D eigenvalue weighted by molar-refractivity contribution is 0.339. The van der Waals surface area contributed by atoms with Crippen LogP contribution in [0, 0.1) is 0 Å². The quantitative estimate of drug-likeness (QED) is 0.806. The van der Waals surface area contributed by atoms with Crippen LogP contribution < -0.4 is 9.47 Å². The van der Waals surface area contributed by atoms with E-state index in [1.807, 2.05) is 44.2 Å². The maximum atomic E-state index is 6.13. The van der Waals surface area contributed by atoms with Crippen LogP contribution in [0.1, 0.15) is 13.8 Å². The van der Waals surface area contributed by atoms with Gasteiger partial charge in [0.05, 0.1) is 18.2 Å². The molecule has 2 aromatic rings. The zero-order valence-electron chi connectivity index (χ0n) is 10.00. The highest BCUT2D eigenvalue weighted by Crippen LogP contribution is 2.31. The molecule has 2 rings (SSSR count). The molecule has 0 aliphatic carbocycles. The first kappa shape index (κ1) is 12.1. The van der Waals surface area contributed by atoms with Crippen LogP contribution in [-0.4, -0.2) is 13.2 Å². The van der Waals surface area contributed by atoms with Gasteiger partial charge in [-0.1, -0.05) is 17.7 Å². The molecular formula is C14H15ClO2. The van der Waals surface area contributed by atoms with Crippen molar-refractivity contribution in [3.05, 3.63) is 35.4 Å². The summed E-state index contributed by atoms with van der Waals surface area (Å²) in [7, 11) is 0. The third-order valence-electron chi connectivity index (χ3n) is 2.47. The fraction of sp³-hybridized carbons (Fsp3) is 0.286. The molecule has 2 aromatic carbocycles. The van der Waals surface area contributed by atoms with Gasteiger partial charge in [0, 0.05) is 0 Å². The molecule has 0 heterocycles. The zero-order chi connectivity index (χ0) is 12.3. The molecule has 0 saturated carbocycles. The molecule has 0 aliphatic heterocycles. The minimum atomic E-state index is 0.608. The summed E-state index contributed by atoms with van der Waals surface area (Å²) in [4.78, 5) is 0. The van der Waals surface area contributed by atoms with Crippen LogP contribution >= 0.6 is 11.6 Å². The molecule has 0 unspecified atom stereocenters. The minimum absolute atomic E-state index is 0.608. The van der Waals surface area contributed by atoms with Crippen LogP contribution in [0.25, 0.3) is 10.8 Å². The molecule has 0 bridgehead atoms. The summed E-state index contributed by atoms with van der Waals surface area (Å²) in [5, 5.41) is 2.80. The lowest BCUT2D eigenvalue weighted by Gasteiger charge is -2.09. The molecule has 90 valence electrons. The van der Waals surface area contributed by atoms with E-state index in [4.69, 9.17) is 21.1 Å². The predicted molar refractivity (Wildman–Crippen MR) is 71.3 cm³/mol. The fourth-order valence-electron chi connectivity index (χ4n) is 1.75. The SMILES string of the molecule is CCOc1ccc2cc(Cl)c(OCC)cc2c1. The van der Waals surface area contributed by atoms with E-state index in [2.05, 4.69) is 0 Å². The van der Waals surface area contributed by atoms with E-state index >= 15 is 0 Å². The van der Waals surface area contributed by atoms with Crippen molar-refractivity contribution in [3.63, 3.8) is 0 Å². The van der Waals surface area contributed by atoms with E-state index in [1.54, 1.807) is 0 Å². The summed E-state index contributed by atoms with van der Waals surface area (Å²) >= 11 is 6.13. The van der Waals surface area contributed by atoms with Gasteiger partial charge in [-0.15, -0.1) is 0 Å². The van der Waals surface area contributed by atoms with Crippen LogP contribution in [-0.2, 0) is 0 Å². The van der Waals surface area contributed by atoms with Crippen LogP contribution in [0.3, 0.4) is 0 Å². The molecule has 0 radical (unpaired) electrons. The standard InChI is InChI=1S/C14H15ClO2/c1-3-16-12-6-5-10-8-13(15)14(17-4-2)9-11(10)7-12/h5-9H,3-4H2,1-2H3. The molecule has 0 N–H and O–H groups in total. The Balaban J connectivity index is 2.48. The second-order valence-electron chi connectivity index (χ2n) is 3.66. The number of halogens is 1. The average molecular weight is 251 g/mol. The molecular weight excluding hydrogens is 236 g/mol. The number of hydrogen-bond donors (Lipinski definition) is 0. The van der Waals surface area contributed by atoms with Crippen molar-refractivity contribution >= 4 is 22.4 Å². The molecule has 0 aromatic heterocycles. The van der Waals surface area contributed by atoms with E-state index in [1.165, 1.54) is 0 Å². The van der Waals surface area contributed by atoms with Crippen molar-refractivity contribution in [2.45, 2.75) is 13.8 Å². The molecule has 0 atom stereocenters. The van der Waals surface area contributed by atoms with Crippen LogP contribution in [0.15, 0.2) is 30.3 Å². The number of ether oxygens (including phenoxy) is 2.